The van der Waals surface area contributed by atoms with E-state index < -0.39 is 0 Å². The first-order chi connectivity index (χ1) is 14.9. The zero-order chi connectivity index (χ0) is 21.8. The van der Waals surface area contributed by atoms with Crippen LogP contribution in [0.15, 0.2) is 61.1 Å². The Labute approximate surface area is 194 Å². The number of rotatable bonds is 0. The summed E-state index contributed by atoms with van der Waals surface area (Å²) in [5, 5.41) is 2.90. The molecule has 1 amide bonds. The molecule has 6 heteroatoms. The Kier molecular flexibility index (Phi) is 6.52. The number of carbonyl (C=O) groups is 1. The van der Waals surface area contributed by atoms with Crippen LogP contribution in [0.5, 0.6) is 5.75 Å². The first-order valence-electron chi connectivity index (χ1n) is 10.6. The minimum atomic E-state index is -0.231. The first kappa shape index (κ1) is 21.7. The molecule has 0 fully saturated rings. The molecular formula is C25H27N3O2W. The summed E-state index contributed by atoms with van der Waals surface area (Å²) in [6.07, 6.45) is 19.4. The Morgan fingerprint density at radius 1 is 1.19 bits per heavy atom. The van der Waals surface area contributed by atoms with E-state index in [0.717, 1.165) is 49.4 Å². The number of fused-ring (bicyclic) bond motifs is 3. The van der Waals surface area contributed by atoms with Gasteiger partial charge < -0.3 is 0 Å². The fourth-order valence-electron chi connectivity index (χ4n) is 3.98. The number of hydrogen-bond donors (Lipinski definition) is 1. The average Bonchev–Trinajstić information content (AvgIpc) is 3.30. The normalized spacial score (nSPS) is 18.5. The zero-order valence-electron chi connectivity index (χ0n) is 17.9. The third-order valence-corrected chi connectivity index (χ3v) is 6.56. The number of imidazole rings is 1. The number of carbonyl (C=O) groups excluding carboxylic acids is 1. The van der Waals surface area contributed by atoms with Crippen LogP contribution < -0.4 is 10.1 Å². The first-order valence-corrected chi connectivity index (χ1v) is 12.1. The fraction of sp³-hybridized carbons (Fsp3) is 0.320. The number of ether oxygens (including phenoxy) is 1. The second-order valence-electron chi connectivity index (χ2n) is 8.47. The molecule has 0 aliphatic carbocycles. The summed E-state index contributed by atoms with van der Waals surface area (Å²) in [6, 6.07) is 4.04. The predicted molar refractivity (Wildman–Crippen MR) is 119 cm³/mol. The molecule has 1 aromatic carbocycles. The van der Waals surface area contributed by atoms with Gasteiger partial charge in [0.05, 0.1) is 0 Å². The Hall–Kier alpha value is -2.52. The van der Waals surface area contributed by atoms with E-state index in [-0.39, 0.29) is 11.5 Å². The van der Waals surface area contributed by atoms with Crippen LogP contribution in [-0.4, -0.2) is 25.0 Å². The number of allylic oxidation sites excluding steroid dienone is 5. The van der Waals surface area contributed by atoms with Gasteiger partial charge in [0, 0.05) is 0 Å². The Morgan fingerprint density at radius 3 is 2.94 bits per heavy atom. The van der Waals surface area contributed by atoms with Crippen LogP contribution >= 0.6 is 0 Å². The van der Waals surface area contributed by atoms with Crippen LogP contribution in [0.25, 0.3) is 0 Å². The van der Waals surface area contributed by atoms with Gasteiger partial charge in [0.2, 0.25) is 0 Å². The molecule has 3 heterocycles. The van der Waals surface area contributed by atoms with Crippen molar-refractivity contribution in [1.82, 2.24) is 14.9 Å². The molecule has 0 saturated carbocycles. The van der Waals surface area contributed by atoms with Crippen LogP contribution in [0.3, 0.4) is 0 Å². The Morgan fingerprint density at radius 2 is 2.06 bits per heavy atom. The van der Waals surface area contributed by atoms with Gasteiger partial charge in [-0.25, -0.2) is 0 Å². The zero-order valence-corrected chi connectivity index (χ0v) is 20.9. The molecule has 1 N–H and O–H groups in total. The van der Waals surface area contributed by atoms with Crippen molar-refractivity contribution < 1.29 is 28.9 Å². The van der Waals surface area contributed by atoms with Gasteiger partial charge in [-0.2, -0.15) is 0 Å². The molecule has 2 aliphatic heterocycles. The summed E-state index contributed by atoms with van der Waals surface area (Å²) in [7, 11) is 0. The molecule has 2 aliphatic rings. The summed E-state index contributed by atoms with van der Waals surface area (Å²) in [5.41, 5.74) is 2.65. The van der Waals surface area contributed by atoms with Crippen molar-refractivity contribution in [3.05, 3.63) is 83.6 Å². The maximum absolute atomic E-state index is 12.9. The minimum absolute atomic E-state index is 0.115. The van der Waals surface area contributed by atoms with E-state index in [4.69, 9.17) is 4.74 Å². The Balaban J connectivity index is 1.61. The third-order valence-electron chi connectivity index (χ3n) is 5.41. The molecule has 4 rings (SSSR count). The summed E-state index contributed by atoms with van der Waals surface area (Å²) in [4.78, 5) is 17.4. The maximum atomic E-state index is 12.9. The van der Waals surface area contributed by atoms with E-state index in [1.165, 1.54) is 28.8 Å². The number of benzene rings is 1. The van der Waals surface area contributed by atoms with Gasteiger partial charge in [-0.3, -0.25) is 0 Å². The molecular weight excluding hydrogens is 558 g/mol. The third kappa shape index (κ3) is 5.22. The van der Waals surface area contributed by atoms with Gasteiger partial charge in [-0.05, 0) is 13.8 Å². The van der Waals surface area contributed by atoms with Crippen molar-refractivity contribution in [2.24, 2.45) is 0 Å². The van der Waals surface area contributed by atoms with Crippen molar-refractivity contribution in [2.75, 3.05) is 0 Å². The van der Waals surface area contributed by atoms with Gasteiger partial charge in [-0.1, -0.05) is 0 Å². The molecule has 31 heavy (non-hydrogen) atoms. The van der Waals surface area contributed by atoms with E-state index in [1.54, 1.807) is 6.20 Å². The second kappa shape index (κ2) is 9.31. The number of amides is 1. The average molecular weight is 585 g/mol. The monoisotopic (exact) mass is 585 g/mol. The molecule has 160 valence electrons. The molecule has 0 spiro atoms. The molecule has 0 unspecified atom stereocenters. The van der Waals surface area contributed by atoms with E-state index in [0.29, 0.717) is 5.56 Å². The van der Waals surface area contributed by atoms with Gasteiger partial charge in [0.1, 0.15) is 0 Å². The summed E-state index contributed by atoms with van der Waals surface area (Å²) >= 11 is 1.36. The molecule has 0 saturated heterocycles. The summed E-state index contributed by atoms with van der Waals surface area (Å²) in [5.74, 6) is 1.72. The standard InChI is InChI=1S/C25H27N3O2.W/c1-25(2)18-20-16-19-10-6-3-4-9-14-28-15-13-26-23(28)11-7-5-8-12-27-24(29)21(19)17-22(20)30-25;/h3,5-8,12-13,15-17H,4,9-10,14,18H2,1-2H3,(H,27,29);. The SMILES string of the molecule is CC1(C)Cc2cc3c(cc2O1)C(=O)NC=CC=C[C](=[W])c1nccn1CCCC=CC3. The van der Waals surface area contributed by atoms with Crippen molar-refractivity contribution in [1.29, 1.82) is 0 Å². The molecule has 2 aromatic rings. The quantitative estimate of drug-likeness (QED) is 0.475. The number of hydrogen-bond acceptors (Lipinski definition) is 3. The summed E-state index contributed by atoms with van der Waals surface area (Å²) < 4.78 is 9.44. The molecule has 0 bridgehead atoms. The number of nitrogens with zero attached hydrogens (tertiary/aromatic N) is 2. The molecule has 0 radical (unpaired) electrons. The number of aryl methyl sites for hydroxylation is 1. The predicted octanol–water partition coefficient (Wildman–Crippen LogP) is 4.06. The Bertz CT molecular complexity index is 1090. The van der Waals surface area contributed by atoms with Crippen LogP contribution in [0.4, 0.5) is 0 Å². The van der Waals surface area contributed by atoms with E-state index >= 15 is 0 Å². The summed E-state index contributed by atoms with van der Waals surface area (Å²) in [6.45, 7) is 5.10. The second-order valence-corrected chi connectivity index (χ2v) is 10.1. The number of nitrogens with one attached hydrogen (secondary N) is 1. The van der Waals surface area contributed by atoms with Crippen molar-refractivity contribution in [3.8, 4) is 5.75 Å². The van der Waals surface area contributed by atoms with Crippen LogP contribution in [0.1, 0.15) is 54.0 Å². The molecule has 0 atom stereocenters. The van der Waals surface area contributed by atoms with Crippen molar-refractivity contribution in [2.45, 2.75) is 51.7 Å². The fourth-order valence-corrected chi connectivity index (χ4v) is 4.87. The van der Waals surface area contributed by atoms with Crippen LogP contribution in [-0.2, 0) is 38.7 Å². The topological polar surface area (TPSA) is 56.1 Å². The van der Waals surface area contributed by atoms with Gasteiger partial charge >= 0.3 is 181 Å². The van der Waals surface area contributed by atoms with Crippen molar-refractivity contribution >= 4 is 9.81 Å². The number of aromatic nitrogens is 2. The van der Waals surface area contributed by atoms with Gasteiger partial charge in [0.25, 0.3) is 0 Å². The van der Waals surface area contributed by atoms with Crippen LogP contribution in [0.2, 0.25) is 0 Å². The van der Waals surface area contributed by atoms with E-state index in [9.17, 15) is 4.79 Å². The van der Waals surface area contributed by atoms with Gasteiger partial charge in [0.15, 0.2) is 0 Å². The van der Waals surface area contributed by atoms with Crippen LogP contribution in [0, 0.1) is 0 Å². The van der Waals surface area contributed by atoms with Gasteiger partial charge in [-0.15, -0.1) is 0 Å². The molecule has 5 nitrogen and oxygen atoms in total. The molecule has 1 aromatic heterocycles. The van der Waals surface area contributed by atoms with E-state index in [2.05, 4.69) is 46.9 Å². The van der Waals surface area contributed by atoms with Crippen molar-refractivity contribution in [3.63, 3.8) is 0 Å². The van der Waals surface area contributed by atoms with E-state index in [1.807, 2.05) is 36.7 Å².